The summed E-state index contributed by atoms with van der Waals surface area (Å²) < 4.78 is 34.4. The zero-order valence-electron chi connectivity index (χ0n) is 12.8. The van der Waals surface area contributed by atoms with Gasteiger partial charge in [-0.05, 0) is 24.3 Å². The molecule has 2 aromatic rings. The van der Waals surface area contributed by atoms with Crippen LogP contribution in [-0.2, 0) is 9.84 Å². The van der Waals surface area contributed by atoms with Gasteiger partial charge in [0.25, 0.3) is 0 Å². The quantitative estimate of drug-likeness (QED) is 0.743. The average Bonchev–Trinajstić information content (AvgIpc) is 2.59. The number of pyridine rings is 2. The number of methoxy groups -OCH3 is 2. The van der Waals surface area contributed by atoms with Gasteiger partial charge in [0.15, 0.2) is 9.84 Å². The lowest BCUT2D eigenvalue weighted by atomic mass is 10.4. The van der Waals surface area contributed by atoms with Crippen molar-refractivity contribution in [3.8, 4) is 11.8 Å². The third kappa shape index (κ3) is 4.71. The summed E-state index contributed by atoms with van der Waals surface area (Å²) in [5.74, 6) is 0.157. The number of sulfone groups is 1. The number of ether oxygens (including phenoxy) is 2. The molecule has 2 rings (SSSR count). The summed E-state index contributed by atoms with van der Waals surface area (Å²) in [5.41, 5.74) is 1.02. The highest BCUT2D eigenvalue weighted by Gasteiger charge is 2.13. The van der Waals surface area contributed by atoms with Gasteiger partial charge in [0.1, 0.15) is 11.8 Å². The Kier molecular flexibility index (Phi) is 5.58. The first-order valence-corrected chi connectivity index (χ1v) is 8.54. The Morgan fingerprint density at radius 1 is 0.913 bits per heavy atom. The summed E-state index contributed by atoms with van der Waals surface area (Å²) in [6, 6.07) is 6.77. The summed E-state index contributed by atoms with van der Waals surface area (Å²) in [5, 5.41) is 5.61. The standard InChI is InChI=1S/C14H18N4O4S/c1-21-13-11(5-3-7-15-13)17-9-23(19,20)10-18-12-6-4-8-16-14(12)22-2/h3-8,17-18H,9-10H2,1-2H3. The molecule has 8 nitrogen and oxygen atoms in total. The van der Waals surface area contributed by atoms with Gasteiger partial charge in [-0.15, -0.1) is 0 Å². The molecule has 23 heavy (non-hydrogen) atoms. The van der Waals surface area contributed by atoms with Crippen LogP contribution < -0.4 is 20.1 Å². The molecule has 0 atom stereocenters. The van der Waals surface area contributed by atoms with E-state index in [4.69, 9.17) is 9.47 Å². The molecule has 0 spiro atoms. The van der Waals surface area contributed by atoms with Crippen LogP contribution >= 0.6 is 0 Å². The number of nitrogens with one attached hydrogen (secondary N) is 2. The number of hydrogen-bond acceptors (Lipinski definition) is 8. The van der Waals surface area contributed by atoms with Crippen LogP contribution in [0.2, 0.25) is 0 Å². The molecular formula is C14H18N4O4S. The number of aromatic nitrogens is 2. The van der Waals surface area contributed by atoms with Gasteiger partial charge in [-0.2, -0.15) is 0 Å². The number of rotatable bonds is 8. The summed E-state index contributed by atoms with van der Waals surface area (Å²) in [6.45, 7) is 0. The van der Waals surface area contributed by atoms with Crippen molar-refractivity contribution < 1.29 is 17.9 Å². The van der Waals surface area contributed by atoms with Crippen LogP contribution in [-0.4, -0.2) is 44.4 Å². The zero-order chi connectivity index (χ0) is 16.7. The fraction of sp³-hybridized carbons (Fsp3) is 0.286. The zero-order valence-corrected chi connectivity index (χ0v) is 13.6. The molecule has 9 heteroatoms. The summed E-state index contributed by atoms with van der Waals surface area (Å²) >= 11 is 0. The molecule has 2 N–H and O–H groups in total. The molecule has 0 saturated carbocycles. The Bertz CT molecular complexity index is 694. The lowest BCUT2D eigenvalue weighted by Crippen LogP contribution is -2.22. The van der Waals surface area contributed by atoms with Crippen molar-refractivity contribution in [1.82, 2.24) is 9.97 Å². The minimum Gasteiger partial charge on any atom is -0.480 e. The number of hydrogen-bond donors (Lipinski definition) is 2. The maximum Gasteiger partial charge on any atom is 0.237 e. The van der Waals surface area contributed by atoms with E-state index in [-0.39, 0.29) is 11.8 Å². The van der Waals surface area contributed by atoms with Gasteiger partial charge in [0.2, 0.25) is 11.8 Å². The van der Waals surface area contributed by atoms with Gasteiger partial charge < -0.3 is 20.1 Å². The molecule has 124 valence electrons. The Labute approximate surface area is 134 Å². The van der Waals surface area contributed by atoms with E-state index in [0.717, 1.165) is 0 Å². The molecule has 2 aromatic heterocycles. The maximum atomic E-state index is 12.1. The highest BCUT2D eigenvalue weighted by molar-refractivity contribution is 7.91. The van der Waals surface area contributed by atoms with Gasteiger partial charge in [-0.1, -0.05) is 0 Å². The molecule has 0 fully saturated rings. The second kappa shape index (κ2) is 7.63. The van der Waals surface area contributed by atoms with Crippen molar-refractivity contribution in [2.75, 3.05) is 36.6 Å². The largest absolute Gasteiger partial charge is 0.480 e. The molecule has 0 aromatic carbocycles. The third-order valence-electron chi connectivity index (χ3n) is 2.89. The van der Waals surface area contributed by atoms with Gasteiger partial charge in [0.05, 0.1) is 25.6 Å². The number of anilines is 2. The van der Waals surface area contributed by atoms with Crippen LogP contribution in [0.5, 0.6) is 11.8 Å². The third-order valence-corrected chi connectivity index (χ3v) is 4.06. The molecule has 2 heterocycles. The molecule has 0 amide bonds. The van der Waals surface area contributed by atoms with Crippen molar-refractivity contribution in [1.29, 1.82) is 0 Å². The van der Waals surface area contributed by atoms with Crippen molar-refractivity contribution >= 4 is 21.2 Å². The van der Waals surface area contributed by atoms with E-state index in [1.807, 2.05) is 0 Å². The molecule has 0 unspecified atom stereocenters. The Morgan fingerprint density at radius 3 is 1.74 bits per heavy atom. The SMILES string of the molecule is COc1ncccc1NCS(=O)(=O)CNc1cccnc1OC. The Morgan fingerprint density at radius 2 is 1.35 bits per heavy atom. The second-order valence-corrected chi connectivity index (χ2v) is 6.57. The van der Waals surface area contributed by atoms with Gasteiger partial charge >= 0.3 is 0 Å². The first-order valence-electron chi connectivity index (χ1n) is 6.72. The van der Waals surface area contributed by atoms with E-state index in [0.29, 0.717) is 23.1 Å². The fourth-order valence-corrected chi connectivity index (χ4v) is 2.66. The van der Waals surface area contributed by atoms with Gasteiger partial charge in [-0.3, -0.25) is 0 Å². The van der Waals surface area contributed by atoms with Crippen molar-refractivity contribution in [2.45, 2.75) is 0 Å². The fourth-order valence-electron chi connectivity index (χ4n) is 1.80. The van der Waals surface area contributed by atoms with Crippen LogP contribution in [0.15, 0.2) is 36.7 Å². The molecule has 0 aliphatic carbocycles. The monoisotopic (exact) mass is 338 g/mol. The predicted molar refractivity (Wildman–Crippen MR) is 87.5 cm³/mol. The van der Waals surface area contributed by atoms with Gasteiger partial charge in [-0.25, -0.2) is 18.4 Å². The van der Waals surface area contributed by atoms with Crippen molar-refractivity contribution in [3.63, 3.8) is 0 Å². The van der Waals surface area contributed by atoms with E-state index in [2.05, 4.69) is 20.6 Å². The Hall–Kier alpha value is -2.55. The summed E-state index contributed by atoms with van der Waals surface area (Å²) in [7, 11) is -0.476. The molecule has 0 radical (unpaired) electrons. The van der Waals surface area contributed by atoms with E-state index in [1.54, 1.807) is 36.7 Å². The molecule has 0 aliphatic heterocycles. The van der Waals surface area contributed by atoms with Crippen LogP contribution in [0, 0.1) is 0 Å². The van der Waals surface area contributed by atoms with Crippen molar-refractivity contribution in [3.05, 3.63) is 36.7 Å². The van der Waals surface area contributed by atoms with E-state index in [9.17, 15) is 8.42 Å². The maximum absolute atomic E-state index is 12.1. The highest BCUT2D eigenvalue weighted by atomic mass is 32.2. The minimum absolute atomic E-state index is 0.259. The van der Waals surface area contributed by atoms with Crippen molar-refractivity contribution in [2.24, 2.45) is 0 Å². The first-order chi connectivity index (χ1) is 11.1. The molecule has 0 saturated heterocycles. The first kappa shape index (κ1) is 16.8. The van der Waals surface area contributed by atoms with Gasteiger partial charge in [0, 0.05) is 12.4 Å². The highest BCUT2D eigenvalue weighted by Crippen LogP contribution is 2.21. The second-order valence-electron chi connectivity index (χ2n) is 4.51. The summed E-state index contributed by atoms with van der Waals surface area (Å²) in [6.07, 6.45) is 3.13. The number of nitrogens with zero attached hydrogens (tertiary/aromatic N) is 2. The normalized spacial score (nSPS) is 10.9. The summed E-state index contributed by atoms with van der Waals surface area (Å²) in [4.78, 5) is 7.99. The smallest absolute Gasteiger partial charge is 0.237 e. The van der Waals surface area contributed by atoms with E-state index in [1.165, 1.54) is 14.2 Å². The molecule has 0 aliphatic rings. The van der Waals surface area contributed by atoms with E-state index >= 15 is 0 Å². The van der Waals surface area contributed by atoms with Crippen LogP contribution in [0.3, 0.4) is 0 Å². The van der Waals surface area contributed by atoms with Crippen LogP contribution in [0.25, 0.3) is 0 Å². The molecular weight excluding hydrogens is 320 g/mol. The lowest BCUT2D eigenvalue weighted by Gasteiger charge is -2.12. The topological polar surface area (TPSA) is 102 Å². The predicted octanol–water partition coefficient (Wildman–Crippen LogP) is 1.35. The molecule has 0 bridgehead atoms. The van der Waals surface area contributed by atoms with Crippen LogP contribution in [0.4, 0.5) is 11.4 Å². The Balaban J connectivity index is 1.97. The minimum atomic E-state index is -3.42. The van der Waals surface area contributed by atoms with E-state index < -0.39 is 9.84 Å². The lowest BCUT2D eigenvalue weighted by molar-refractivity contribution is 0.400. The van der Waals surface area contributed by atoms with Crippen LogP contribution in [0.1, 0.15) is 0 Å². The average molecular weight is 338 g/mol.